The van der Waals surface area contributed by atoms with E-state index in [0.29, 0.717) is 39.0 Å². The molecule has 1 heterocycles. The molecule has 0 unspecified atom stereocenters. The van der Waals surface area contributed by atoms with Gasteiger partial charge in [-0.3, -0.25) is 0 Å². The van der Waals surface area contributed by atoms with E-state index in [9.17, 15) is 18.0 Å². The monoisotopic (exact) mass is 324 g/mol. The highest BCUT2D eigenvalue weighted by Crippen LogP contribution is 2.37. The Morgan fingerprint density at radius 1 is 1.27 bits per heavy atom. The number of carbonyl (C=O) groups is 1. The quantitative estimate of drug-likeness (QED) is 0.835. The maximum atomic E-state index is 12.7. The van der Waals surface area contributed by atoms with Crippen LogP contribution in [0.5, 0.6) is 0 Å². The van der Waals surface area contributed by atoms with Crippen LogP contribution in [0.25, 0.3) is 0 Å². The molecule has 2 aliphatic rings. The Bertz CT molecular complexity index is 384. The first-order valence-electron chi connectivity index (χ1n) is 7.67. The van der Waals surface area contributed by atoms with E-state index in [-0.39, 0.29) is 12.8 Å². The maximum Gasteiger partial charge on any atom is 0.391 e. The molecule has 0 aromatic carbocycles. The molecular formula is C14H23F3N2O3. The molecule has 8 heteroatoms. The summed E-state index contributed by atoms with van der Waals surface area (Å²) in [6, 6.07) is -0.857. The van der Waals surface area contributed by atoms with Crippen molar-refractivity contribution in [3.05, 3.63) is 0 Å². The Morgan fingerprint density at radius 2 is 1.95 bits per heavy atom. The van der Waals surface area contributed by atoms with Crippen molar-refractivity contribution < 1.29 is 27.4 Å². The van der Waals surface area contributed by atoms with Gasteiger partial charge >= 0.3 is 12.2 Å². The molecule has 2 fully saturated rings. The Morgan fingerprint density at radius 3 is 2.59 bits per heavy atom. The van der Waals surface area contributed by atoms with Crippen LogP contribution in [0.1, 0.15) is 39.0 Å². The molecule has 0 aromatic rings. The number of carbonyl (C=O) groups excluding carboxylic acids is 1. The Kier molecular flexibility index (Phi) is 5.55. The lowest BCUT2D eigenvalue weighted by molar-refractivity contribution is -0.183. The van der Waals surface area contributed by atoms with Crippen LogP contribution in [0.4, 0.5) is 18.0 Å². The summed E-state index contributed by atoms with van der Waals surface area (Å²) in [6.07, 6.45) is -2.51. The van der Waals surface area contributed by atoms with Gasteiger partial charge in [-0.25, -0.2) is 4.79 Å². The summed E-state index contributed by atoms with van der Waals surface area (Å²) in [7, 11) is 0. The lowest BCUT2D eigenvalue weighted by atomic mass is 9.85. The number of urea groups is 1. The van der Waals surface area contributed by atoms with Crippen LogP contribution in [-0.2, 0) is 9.47 Å². The van der Waals surface area contributed by atoms with Crippen molar-refractivity contribution in [1.29, 1.82) is 0 Å². The predicted octanol–water partition coefficient (Wildman–Crippen LogP) is 2.56. The molecule has 2 atom stereocenters. The van der Waals surface area contributed by atoms with Gasteiger partial charge in [0.05, 0.1) is 19.1 Å². The van der Waals surface area contributed by atoms with E-state index in [1.54, 1.807) is 6.92 Å². The number of nitrogens with one attached hydrogen (secondary N) is 2. The fourth-order valence-corrected chi connectivity index (χ4v) is 2.96. The zero-order valence-electron chi connectivity index (χ0n) is 12.7. The van der Waals surface area contributed by atoms with Gasteiger partial charge in [0.1, 0.15) is 0 Å². The van der Waals surface area contributed by atoms with Crippen molar-refractivity contribution in [2.75, 3.05) is 19.8 Å². The van der Waals surface area contributed by atoms with Crippen LogP contribution in [0.3, 0.4) is 0 Å². The molecular weight excluding hydrogens is 301 g/mol. The van der Waals surface area contributed by atoms with Crippen molar-refractivity contribution in [3.8, 4) is 0 Å². The summed E-state index contributed by atoms with van der Waals surface area (Å²) in [5, 5.41) is 5.27. The van der Waals surface area contributed by atoms with E-state index in [1.807, 2.05) is 0 Å². The van der Waals surface area contributed by atoms with Gasteiger partial charge in [0.2, 0.25) is 0 Å². The molecule has 2 rings (SSSR count). The highest BCUT2D eigenvalue weighted by Gasteiger charge is 2.42. The number of alkyl halides is 3. The summed E-state index contributed by atoms with van der Waals surface area (Å²) in [5.41, 5.74) is 0. The second-order valence-electron chi connectivity index (χ2n) is 6.08. The van der Waals surface area contributed by atoms with E-state index >= 15 is 0 Å². The molecule has 1 saturated carbocycles. The summed E-state index contributed by atoms with van der Waals surface area (Å²) in [4.78, 5) is 11.8. The van der Waals surface area contributed by atoms with Gasteiger partial charge in [-0.2, -0.15) is 13.2 Å². The molecule has 0 radical (unpaired) electrons. The molecule has 1 aliphatic carbocycles. The first kappa shape index (κ1) is 17.3. The third-order valence-corrected chi connectivity index (χ3v) is 4.24. The molecule has 0 aromatic heterocycles. The predicted molar refractivity (Wildman–Crippen MR) is 73.3 cm³/mol. The average molecular weight is 324 g/mol. The van der Waals surface area contributed by atoms with Crippen LogP contribution in [-0.4, -0.2) is 43.8 Å². The highest BCUT2D eigenvalue weighted by atomic mass is 19.4. The van der Waals surface area contributed by atoms with E-state index in [1.165, 1.54) is 0 Å². The van der Waals surface area contributed by atoms with Gasteiger partial charge in [-0.15, -0.1) is 0 Å². The SMILES string of the molecule is CC1(CCNC(=O)N[C@H]2CCC[C@H](C(F)(F)F)C2)OCCO1. The summed E-state index contributed by atoms with van der Waals surface area (Å²) in [6.45, 7) is 3.21. The molecule has 1 saturated heterocycles. The van der Waals surface area contributed by atoms with E-state index < -0.39 is 30.0 Å². The third-order valence-electron chi connectivity index (χ3n) is 4.24. The molecule has 0 spiro atoms. The summed E-state index contributed by atoms with van der Waals surface area (Å²) >= 11 is 0. The third kappa shape index (κ3) is 5.01. The molecule has 1 aliphatic heterocycles. The van der Waals surface area contributed by atoms with Gasteiger partial charge in [0.25, 0.3) is 0 Å². The fraction of sp³-hybridized carbons (Fsp3) is 0.929. The summed E-state index contributed by atoms with van der Waals surface area (Å²) < 4.78 is 49.0. The molecule has 2 amide bonds. The minimum atomic E-state index is -4.18. The number of hydrogen-bond acceptors (Lipinski definition) is 3. The standard InChI is InChI=1S/C14H23F3N2O3/c1-13(21-7-8-22-13)5-6-18-12(20)19-11-4-2-3-10(9-11)14(15,16)17/h10-11H,2-9H2,1H3,(H2,18,19,20)/t10-,11-/m0/s1. The van der Waals surface area contributed by atoms with Crippen molar-refractivity contribution in [1.82, 2.24) is 10.6 Å². The largest absolute Gasteiger partial charge is 0.391 e. The van der Waals surface area contributed by atoms with Crippen LogP contribution >= 0.6 is 0 Å². The van der Waals surface area contributed by atoms with Gasteiger partial charge in [-0.05, 0) is 26.2 Å². The lowest BCUT2D eigenvalue weighted by Crippen LogP contribution is -2.46. The fourth-order valence-electron chi connectivity index (χ4n) is 2.96. The van der Waals surface area contributed by atoms with Crippen LogP contribution in [0, 0.1) is 5.92 Å². The zero-order valence-corrected chi connectivity index (χ0v) is 12.7. The summed E-state index contributed by atoms with van der Waals surface area (Å²) in [5.74, 6) is -2.00. The highest BCUT2D eigenvalue weighted by molar-refractivity contribution is 5.74. The average Bonchev–Trinajstić information content (AvgIpc) is 2.85. The van der Waals surface area contributed by atoms with E-state index in [4.69, 9.17) is 9.47 Å². The maximum absolute atomic E-state index is 12.7. The van der Waals surface area contributed by atoms with Crippen molar-refractivity contribution in [2.24, 2.45) is 5.92 Å². The smallest absolute Gasteiger partial charge is 0.348 e. The molecule has 0 bridgehead atoms. The number of rotatable bonds is 4. The topological polar surface area (TPSA) is 59.6 Å². The molecule has 2 N–H and O–H groups in total. The second-order valence-corrected chi connectivity index (χ2v) is 6.08. The van der Waals surface area contributed by atoms with Crippen LogP contribution in [0.2, 0.25) is 0 Å². The second kappa shape index (κ2) is 7.04. The zero-order chi connectivity index (χ0) is 16.2. The van der Waals surface area contributed by atoms with E-state index in [0.717, 1.165) is 0 Å². The molecule has 5 nitrogen and oxygen atoms in total. The van der Waals surface area contributed by atoms with Crippen molar-refractivity contribution >= 4 is 6.03 Å². The van der Waals surface area contributed by atoms with Gasteiger partial charge in [-0.1, -0.05) is 6.42 Å². The number of amides is 2. The Labute approximate surface area is 127 Å². The van der Waals surface area contributed by atoms with Gasteiger partial charge in [0.15, 0.2) is 5.79 Å². The van der Waals surface area contributed by atoms with Crippen molar-refractivity contribution in [3.63, 3.8) is 0 Å². The van der Waals surface area contributed by atoms with E-state index in [2.05, 4.69) is 10.6 Å². The first-order chi connectivity index (χ1) is 10.3. The normalized spacial score (nSPS) is 28.4. The van der Waals surface area contributed by atoms with Crippen molar-refractivity contribution in [2.45, 2.75) is 57.0 Å². The molecule has 22 heavy (non-hydrogen) atoms. The minimum absolute atomic E-state index is 0.0408. The Hall–Kier alpha value is -1.02. The lowest BCUT2D eigenvalue weighted by Gasteiger charge is -2.31. The Balaban J connectivity index is 1.68. The first-order valence-corrected chi connectivity index (χ1v) is 7.67. The number of hydrogen-bond donors (Lipinski definition) is 2. The number of ether oxygens (including phenoxy) is 2. The van der Waals surface area contributed by atoms with Crippen LogP contribution < -0.4 is 10.6 Å². The van der Waals surface area contributed by atoms with Gasteiger partial charge < -0.3 is 20.1 Å². The molecule has 128 valence electrons. The number of halogens is 3. The minimum Gasteiger partial charge on any atom is -0.348 e. The van der Waals surface area contributed by atoms with Gasteiger partial charge in [0, 0.05) is 19.0 Å². The van der Waals surface area contributed by atoms with Crippen LogP contribution in [0.15, 0.2) is 0 Å².